The SMILES string of the molecule is CCOC(=O)/C(C)=C/[C@H](C(C)C)N(C)C(=O)CNC(=O)C(C)(C)c1ccccc1. The number of likely N-dealkylation sites (N-methyl/N-ethyl adjacent to an activating group) is 1. The van der Waals surface area contributed by atoms with Crippen LogP contribution in [-0.4, -0.2) is 48.9 Å². The van der Waals surface area contributed by atoms with Crippen molar-refractivity contribution in [3.63, 3.8) is 0 Å². The van der Waals surface area contributed by atoms with Crippen LogP contribution in [0.1, 0.15) is 47.1 Å². The highest BCUT2D eigenvalue weighted by Gasteiger charge is 2.30. The van der Waals surface area contributed by atoms with Crippen LogP contribution in [0, 0.1) is 5.92 Å². The topological polar surface area (TPSA) is 75.7 Å². The summed E-state index contributed by atoms with van der Waals surface area (Å²) in [6.45, 7) is 11.2. The van der Waals surface area contributed by atoms with Crippen molar-refractivity contribution in [3.05, 3.63) is 47.5 Å². The molecule has 1 aromatic rings. The molecule has 0 heterocycles. The van der Waals surface area contributed by atoms with Crippen LogP contribution in [0.3, 0.4) is 0 Å². The predicted octanol–water partition coefficient (Wildman–Crippen LogP) is 3.07. The van der Waals surface area contributed by atoms with Crippen molar-refractivity contribution in [2.75, 3.05) is 20.2 Å². The Bertz CT molecular complexity index is 739. The molecule has 0 radical (unpaired) electrons. The monoisotopic (exact) mass is 402 g/mol. The molecule has 0 spiro atoms. The van der Waals surface area contributed by atoms with Crippen molar-refractivity contribution in [2.45, 2.75) is 53.0 Å². The van der Waals surface area contributed by atoms with Crippen LogP contribution in [0.2, 0.25) is 0 Å². The van der Waals surface area contributed by atoms with E-state index >= 15 is 0 Å². The fraction of sp³-hybridized carbons (Fsp3) is 0.522. The lowest BCUT2D eigenvalue weighted by atomic mass is 9.84. The van der Waals surface area contributed by atoms with Crippen LogP contribution >= 0.6 is 0 Å². The van der Waals surface area contributed by atoms with E-state index in [0.29, 0.717) is 12.2 Å². The third-order valence-electron chi connectivity index (χ3n) is 5.01. The number of amides is 2. The number of benzene rings is 1. The molecule has 0 saturated heterocycles. The Kier molecular flexibility index (Phi) is 9.08. The number of hydrogen-bond donors (Lipinski definition) is 1. The molecule has 6 nitrogen and oxygen atoms in total. The van der Waals surface area contributed by atoms with Crippen molar-refractivity contribution in [3.8, 4) is 0 Å². The number of hydrogen-bond acceptors (Lipinski definition) is 4. The van der Waals surface area contributed by atoms with Gasteiger partial charge in [0, 0.05) is 12.6 Å². The maximum absolute atomic E-state index is 12.7. The van der Waals surface area contributed by atoms with E-state index in [2.05, 4.69) is 5.32 Å². The quantitative estimate of drug-likeness (QED) is 0.509. The van der Waals surface area contributed by atoms with Crippen molar-refractivity contribution in [2.24, 2.45) is 5.92 Å². The van der Waals surface area contributed by atoms with Gasteiger partial charge in [0.2, 0.25) is 11.8 Å². The summed E-state index contributed by atoms with van der Waals surface area (Å²) in [6.07, 6.45) is 1.75. The van der Waals surface area contributed by atoms with Gasteiger partial charge >= 0.3 is 5.97 Å². The highest BCUT2D eigenvalue weighted by atomic mass is 16.5. The molecule has 1 rings (SSSR count). The largest absolute Gasteiger partial charge is 0.463 e. The van der Waals surface area contributed by atoms with Gasteiger partial charge in [-0.05, 0) is 39.2 Å². The molecule has 0 aliphatic carbocycles. The number of carbonyl (C=O) groups excluding carboxylic acids is 3. The summed E-state index contributed by atoms with van der Waals surface area (Å²) in [4.78, 5) is 38.8. The van der Waals surface area contributed by atoms with Crippen molar-refractivity contribution < 1.29 is 19.1 Å². The Morgan fingerprint density at radius 1 is 1.17 bits per heavy atom. The molecule has 0 aliphatic rings. The highest BCUT2D eigenvalue weighted by molar-refractivity contribution is 5.91. The third-order valence-corrected chi connectivity index (χ3v) is 5.01. The van der Waals surface area contributed by atoms with E-state index in [1.165, 1.54) is 0 Å². The minimum atomic E-state index is -0.752. The van der Waals surface area contributed by atoms with Gasteiger partial charge in [-0.1, -0.05) is 50.3 Å². The summed E-state index contributed by atoms with van der Waals surface area (Å²) < 4.78 is 5.02. The highest BCUT2D eigenvalue weighted by Crippen LogP contribution is 2.23. The first-order chi connectivity index (χ1) is 13.5. The maximum Gasteiger partial charge on any atom is 0.333 e. The molecule has 2 amide bonds. The molecule has 0 fully saturated rings. The smallest absolute Gasteiger partial charge is 0.333 e. The Balaban J connectivity index is 2.82. The van der Waals surface area contributed by atoms with Gasteiger partial charge in [0.1, 0.15) is 0 Å². The van der Waals surface area contributed by atoms with E-state index in [0.717, 1.165) is 5.56 Å². The standard InChI is InChI=1S/C23H34N2O4/c1-8-29-21(27)17(4)14-19(16(2)3)25(7)20(26)15-24-22(28)23(5,6)18-12-10-9-11-13-18/h9-14,16,19H,8,15H2,1-7H3,(H,24,28)/b17-14+/t19-/m1/s1. The summed E-state index contributed by atoms with van der Waals surface area (Å²) in [5.41, 5.74) is 0.587. The minimum absolute atomic E-state index is 0.0878. The van der Waals surface area contributed by atoms with Crippen LogP contribution in [0.25, 0.3) is 0 Å². The molecule has 0 unspecified atom stereocenters. The molecule has 29 heavy (non-hydrogen) atoms. The second kappa shape index (κ2) is 10.8. The van der Waals surface area contributed by atoms with Crippen molar-refractivity contribution in [1.29, 1.82) is 0 Å². The summed E-state index contributed by atoms with van der Waals surface area (Å²) in [7, 11) is 1.68. The number of rotatable bonds is 9. The van der Waals surface area contributed by atoms with Crippen LogP contribution in [-0.2, 0) is 24.5 Å². The maximum atomic E-state index is 12.7. The van der Waals surface area contributed by atoms with Crippen molar-refractivity contribution >= 4 is 17.8 Å². The molecule has 1 aromatic carbocycles. The lowest BCUT2D eigenvalue weighted by molar-refractivity contribution is -0.138. The molecule has 0 aromatic heterocycles. The first kappa shape index (κ1) is 24.4. The molecule has 0 saturated carbocycles. The fourth-order valence-corrected chi connectivity index (χ4v) is 2.97. The molecular weight excluding hydrogens is 368 g/mol. The molecule has 0 bridgehead atoms. The normalized spacial score (nSPS) is 13.0. The van der Waals surface area contributed by atoms with Crippen LogP contribution < -0.4 is 5.32 Å². The summed E-state index contributed by atoms with van der Waals surface area (Å²) in [6, 6.07) is 9.17. The Morgan fingerprint density at radius 3 is 2.28 bits per heavy atom. The number of carbonyl (C=O) groups is 3. The van der Waals surface area contributed by atoms with Gasteiger partial charge in [-0.25, -0.2) is 4.79 Å². The van der Waals surface area contributed by atoms with Gasteiger partial charge in [0.05, 0.1) is 24.6 Å². The first-order valence-electron chi connectivity index (χ1n) is 9.97. The molecule has 1 N–H and O–H groups in total. The van der Waals surface area contributed by atoms with Gasteiger partial charge in [-0.15, -0.1) is 0 Å². The van der Waals surface area contributed by atoms with Gasteiger partial charge in [0.25, 0.3) is 0 Å². The van der Waals surface area contributed by atoms with E-state index in [1.54, 1.807) is 31.9 Å². The summed E-state index contributed by atoms with van der Waals surface area (Å²) >= 11 is 0. The second-order valence-corrected chi connectivity index (χ2v) is 7.98. The molecule has 0 aliphatic heterocycles. The van der Waals surface area contributed by atoms with Gasteiger partial charge in [-0.3, -0.25) is 9.59 Å². The lowest BCUT2D eigenvalue weighted by Crippen LogP contribution is -2.48. The first-order valence-corrected chi connectivity index (χ1v) is 9.97. The zero-order chi connectivity index (χ0) is 22.2. The third kappa shape index (κ3) is 6.73. The van der Waals surface area contributed by atoms with Crippen LogP contribution in [0.15, 0.2) is 42.0 Å². The van der Waals surface area contributed by atoms with E-state index in [4.69, 9.17) is 4.74 Å². The minimum Gasteiger partial charge on any atom is -0.463 e. The summed E-state index contributed by atoms with van der Waals surface area (Å²) in [5.74, 6) is -0.750. The number of nitrogens with one attached hydrogen (secondary N) is 1. The van der Waals surface area contributed by atoms with Crippen molar-refractivity contribution in [1.82, 2.24) is 10.2 Å². The lowest BCUT2D eigenvalue weighted by Gasteiger charge is -2.30. The van der Waals surface area contributed by atoms with Gasteiger partial charge in [0.15, 0.2) is 0 Å². The van der Waals surface area contributed by atoms with E-state index < -0.39 is 11.4 Å². The number of nitrogens with zero attached hydrogens (tertiary/aromatic N) is 1. The van der Waals surface area contributed by atoms with Gasteiger partial charge in [-0.2, -0.15) is 0 Å². The number of ether oxygens (including phenoxy) is 1. The Morgan fingerprint density at radius 2 is 1.76 bits per heavy atom. The molecular formula is C23H34N2O4. The zero-order valence-electron chi connectivity index (χ0n) is 18.6. The Labute approximate surface area is 174 Å². The van der Waals surface area contributed by atoms with Crippen LogP contribution in [0.5, 0.6) is 0 Å². The van der Waals surface area contributed by atoms with E-state index in [-0.39, 0.29) is 30.3 Å². The average Bonchev–Trinajstić information content (AvgIpc) is 2.69. The average molecular weight is 403 g/mol. The fourth-order valence-electron chi connectivity index (χ4n) is 2.97. The second-order valence-electron chi connectivity index (χ2n) is 7.98. The molecule has 6 heteroatoms. The summed E-state index contributed by atoms with van der Waals surface area (Å²) in [5, 5.41) is 2.75. The van der Waals surface area contributed by atoms with E-state index in [1.807, 2.05) is 58.0 Å². The van der Waals surface area contributed by atoms with E-state index in [9.17, 15) is 14.4 Å². The zero-order valence-corrected chi connectivity index (χ0v) is 18.6. The molecule has 1 atom stereocenters. The number of esters is 1. The van der Waals surface area contributed by atoms with Gasteiger partial charge < -0.3 is 15.0 Å². The predicted molar refractivity (Wildman–Crippen MR) is 114 cm³/mol. The molecule has 160 valence electrons. The Hall–Kier alpha value is -2.63. The van der Waals surface area contributed by atoms with Crippen LogP contribution in [0.4, 0.5) is 0 Å².